The average molecular weight is 333 g/mol. The molecule has 5 heteroatoms. The van der Waals surface area contributed by atoms with Gasteiger partial charge in [0.1, 0.15) is 6.10 Å². The molecule has 0 unspecified atom stereocenters. The number of rotatable bonds is 6. The van der Waals surface area contributed by atoms with E-state index in [1.54, 1.807) is 6.92 Å². The van der Waals surface area contributed by atoms with Crippen LogP contribution in [0.5, 0.6) is 0 Å². The van der Waals surface area contributed by atoms with E-state index in [0.717, 1.165) is 31.9 Å². The Kier molecular flexibility index (Phi) is 6.63. The van der Waals surface area contributed by atoms with Crippen LogP contribution in [0.2, 0.25) is 0 Å². The molecule has 0 bridgehead atoms. The van der Waals surface area contributed by atoms with Crippen LogP contribution in [-0.4, -0.2) is 56.7 Å². The molecule has 1 fully saturated rings. The van der Waals surface area contributed by atoms with Crippen LogP contribution < -0.4 is 10.2 Å². The molecule has 2 rings (SSSR count). The Hall–Kier alpha value is -1.59. The van der Waals surface area contributed by atoms with Crippen molar-refractivity contribution in [3.8, 4) is 0 Å². The van der Waals surface area contributed by atoms with Gasteiger partial charge in [-0.3, -0.25) is 4.79 Å². The first kappa shape index (κ1) is 18.7. The molecule has 0 aliphatic carbocycles. The number of hydrogen-bond acceptors (Lipinski definition) is 4. The first-order valence-corrected chi connectivity index (χ1v) is 8.83. The summed E-state index contributed by atoms with van der Waals surface area (Å²) in [6.45, 7) is 12.9. The zero-order valence-corrected chi connectivity index (χ0v) is 15.6. The maximum absolute atomic E-state index is 12.2. The second-order valence-electron chi connectivity index (χ2n) is 7.15. The van der Waals surface area contributed by atoms with E-state index in [1.807, 2.05) is 12.1 Å². The van der Waals surface area contributed by atoms with Crippen LogP contribution in [-0.2, 0) is 9.53 Å². The third-order valence-electron chi connectivity index (χ3n) is 4.36. The van der Waals surface area contributed by atoms with E-state index in [1.165, 1.54) is 11.3 Å². The number of aryl methyl sites for hydroxylation is 1. The fourth-order valence-electron chi connectivity index (χ4n) is 2.79. The van der Waals surface area contributed by atoms with Gasteiger partial charge in [-0.1, -0.05) is 13.8 Å². The van der Waals surface area contributed by atoms with Crippen LogP contribution in [0, 0.1) is 12.8 Å². The van der Waals surface area contributed by atoms with Gasteiger partial charge in [0, 0.05) is 44.2 Å². The Bertz CT molecular complexity index is 552. The number of hydrogen-bond donors (Lipinski definition) is 1. The van der Waals surface area contributed by atoms with Gasteiger partial charge in [-0.15, -0.1) is 0 Å². The predicted molar refractivity (Wildman–Crippen MR) is 99.8 cm³/mol. The van der Waals surface area contributed by atoms with Crippen LogP contribution >= 0.6 is 0 Å². The van der Waals surface area contributed by atoms with Crippen molar-refractivity contribution in [1.82, 2.24) is 4.90 Å². The molecule has 5 nitrogen and oxygen atoms in total. The number of nitrogens with zero attached hydrogens (tertiary/aromatic N) is 2. The summed E-state index contributed by atoms with van der Waals surface area (Å²) in [5.41, 5.74) is 3.27. The first-order valence-electron chi connectivity index (χ1n) is 8.83. The second kappa shape index (κ2) is 8.49. The lowest BCUT2D eigenvalue weighted by Crippen LogP contribution is -2.44. The maximum Gasteiger partial charge on any atom is 0.253 e. The summed E-state index contributed by atoms with van der Waals surface area (Å²) in [5.74, 6) is 0.327. The molecule has 0 spiro atoms. The van der Waals surface area contributed by atoms with Crippen LogP contribution in [0.4, 0.5) is 11.4 Å². The smallest absolute Gasteiger partial charge is 0.253 e. The van der Waals surface area contributed by atoms with Crippen molar-refractivity contribution in [2.45, 2.75) is 33.8 Å². The number of carbonyl (C=O) groups excluding carboxylic acids is 1. The third kappa shape index (κ3) is 5.21. The van der Waals surface area contributed by atoms with Gasteiger partial charge in [0.15, 0.2) is 0 Å². The highest BCUT2D eigenvalue weighted by molar-refractivity contribution is 5.94. The minimum Gasteiger partial charge on any atom is -0.369 e. The summed E-state index contributed by atoms with van der Waals surface area (Å²) < 4.78 is 5.57. The van der Waals surface area contributed by atoms with E-state index in [9.17, 15) is 4.79 Å². The molecule has 134 valence electrons. The number of benzene rings is 1. The van der Waals surface area contributed by atoms with Crippen molar-refractivity contribution in [3.63, 3.8) is 0 Å². The van der Waals surface area contributed by atoms with E-state index in [2.05, 4.69) is 49.0 Å². The zero-order chi connectivity index (χ0) is 17.7. The van der Waals surface area contributed by atoms with Crippen molar-refractivity contribution < 1.29 is 9.53 Å². The molecule has 0 aromatic heterocycles. The quantitative estimate of drug-likeness (QED) is 0.869. The predicted octanol–water partition coefficient (Wildman–Crippen LogP) is 2.75. The molecule has 1 heterocycles. The molecule has 1 aromatic rings. The highest BCUT2D eigenvalue weighted by atomic mass is 16.5. The number of amides is 1. The lowest BCUT2D eigenvalue weighted by molar-refractivity contribution is -0.126. The van der Waals surface area contributed by atoms with Gasteiger partial charge in [-0.05, 0) is 50.6 Å². The fourth-order valence-corrected chi connectivity index (χ4v) is 2.79. The molecule has 1 aromatic carbocycles. The van der Waals surface area contributed by atoms with Gasteiger partial charge >= 0.3 is 0 Å². The van der Waals surface area contributed by atoms with Crippen LogP contribution in [0.1, 0.15) is 26.3 Å². The molecule has 1 aliphatic rings. The minimum absolute atomic E-state index is 0.0950. The molecule has 0 saturated carbocycles. The Balaban J connectivity index is 1.95. The summed E-state index contributed by atoms with van der Waals surface area (Å²) in [4.78, 5) is 17.0. The summed E-state index contributed by atoms with van der Waals surface area (Å²) in [7, 11) is 2.16. The SMILES string of the molecule is Cc1cc(NC(=O)[C@H](C)OCC(C)C)ccc1N1CCN(C)CC1. The number of ether oxygens (including phenoxy) is 1. The number of likely N-dealkylation sites (N-methyl/N-ethyl adjacent to an activating group) is 1. The molecular formula is C19H31N3O2. The Morgan fingerprint density at radius 3 is 2.46 bits per heavy atom. The van der Waals surface area contributed by atoms with Crippen LogP contribution in [0.25, 0.3) is 0 Å². The van der Waals surface area contributed by atoms with E-state index in [0.29, 0.717) is 12.5 Å². The molecule has 1 amide bonds. The van der Waals surface area contributed by atoms with Gasteiger partial charge < -0.3 is 19.9 Å². The zero-order valence-electron chi connectivity index (χ0n) is 15.6. The molecule has 0 radical (unpaired) electrons. The van der Waals surface area contributed by atoms with Crippen molar-refractivity contribution in [1.29, 1.82) is 0 Å². The highest BCUT2D eigenvalue weighted by Crippen LogP contribution is 2.24. The van der Waals surface area contributed by atoms with Gasteiger partial charge in [-0.2, -0.15) is 0 Å². The van der Waals surface area contributed by atoms with Crippen LogP contribution in [0.15, 0.2) is 18.2 Å². The molecule has 1 aliphatic heterocycles. The van der Waals surface area contributed by atoms with Crippen molar-refractivity contribution in [2.24, 2.45) is 5.92 Å². The largest absolute Gasteiger partial charge is 0.369 e. The van der Waals surface area contributed by atoms with Gasteiger partial charge in [-0.25, -0.2) is 0 Å². The average Bonchev–Trinajstić information content (AvgIpc) is 2.53. The Labute approximate surface area is 146 Å². The molecular weight excluding hydrogens is 302 g/mol. The van der Waals surface area contributed by atoms with E-state index >= 15 is 0 Å². The van der Waals surface area contributed by atoms with Gasteiger partial charge in [0.2, 0.25) is 0 Å². The lowest BCUT2D eigenvalue weighted by atomic mass is 10.1. The number of carbonyl (C=O) groups is 1. The molecule has 1 saturated heterocycles. The molecule has 24 heavy (non-hydrogen) atoms. The Morgan fingerprint density at radius 1 is 1.21 bits per heavy atom. The summed E-state index contributed by atoms with van der Waals surface area (Å²) in [5, 5.41) is 2.95. The van der Waals surface area contributed by atoms with Gasteiger partial charge in [0.25, 0.3) is 5.91 Å². The number of piperazine rings is 1. The van der Waals surface area contributed by atoms with Crippen molar-refractivity contribution in [3.05, 3.63) is 23.8 Å². The van der Waals surface area contributed by atoms with Crippen molar-refractivity contribution in [2.75, 3.05) is 50.1 Å². The minimum atomic E-state index is -0.440. The number of nitrogens with one attached hydrogen (secondary N) is 1. The van der Waals surface area contributed by atoms with E-state index in [-0.39, 0.29) is 5.91 Å². The fraction of sp³-hybridized carbons (Fsp3) is 0.632. The van der Waals surface area contributed by atoms with Gasteiger partial charge in [0.05, 0.1) is 0 Å². The monoisotopic (exact) mass is 333 g/mol. The normalized spacial score (nSPS) is 17.2. The van der Waals surface area contributed by atoms with Crippen LogP contribution in [0.3, 0.4) is 0 Å². The topological polar surface area (TPSA) is 44.8 Å². The van der Waals surface area contributed by atoms with E-state index < -0.39 is 6.10 Å². The Morgan fingerprint density at radius 2 is 1.88 bits per heavy atom. The van der Waals surface area contributed by atoms with E-state index in [4.69, 9.17) is 4.74 Å². The summed E-state index contributed by atoms with van der Waals surface area (Å²) in [6, 6.07) is 6.13. The summed E-state index contributed by atoms with van der Waals surface area (Å²) >= 11 is 0. The maximum atomic E-state index is 12.2. The standard InChI is InChI=1S/C19H31N3O2/c1-14(2)13-24-16(4)19(23)20-17-6-7-18(15(3)12-17)22-10-8-21(5)9-11-22/h6-7,12,14,16H,8-11,13H2,1-5H3,(H,20,23)/t16-/m0/s1. The third-order valence-corrected chi connectivity index (χ3v) is 4.36. The lowest BCUT2D eigenvalue weighted by Gasteiger charge is -2.35. The molecule has 1 atom stereocenters. The second-order valence-corrected chi connectivity index (χ2v) is 7.15. The highest BCUT2D eigenvalue weighted by Gasteiger charge is 2.17. The molecule has 1 N–H and O–H groups in total. The van der Waals surface area contributed by atoms with Crippen molar-refractivity contribution >= 4 is 17.3 Å². The summed E-state index contributed by atoms with van der Waals surface area (Å²) in [6.07, 6.45) is -0.440. The first-order chi connectivity index (χ1) is 11.4. The number of anilines is 2.